The summed E-state index contributed by atoms with van der Waals surface area (Å²) >= 11 is 5.90. The molecule has 0 radical (unpaired) electrons. The molecule has 1 aromatic carbocycles. The molecule has 4 rings (SSSR count). The zero-order valence-electron chi connectivity index (χ0n) is 16.6. The largest absolute Gasteiger partial charge is 0.483 e. The molecular formula is C21H20ClF2N5O2. The molecule has 2 N–H and O–H groups in total. The van der Waals surface area contributed by atoms with Gasteiger partial charge in [0.2, 0.25) is 0 Å². The summed E-state index contributed by atoms with van der Waals surface area (Å²) in [5.41, 5.74) is 2.90. The van der Waals surface area contributed by atoms with Crippen LogP contribution in [-0.2, 0) is 0 Å². The van der Waals surface area contributed by atoms with Crippen LogP contribution >= 0.6 is 11.6 Å². The fourth-order valence-corrected chi connectivity index (χ4v) is 3.43. The van der Waals surface area contributed by atoms with Crippen LogP contribution in [-0.4, -0.2) is 40.5 Å². The van der Waals surface area contributed by atoms with Crippen LogP contribution in [0.3, 0.4) is 0 Å². The number of aromatic nitrogens is 3. The molecule has 1 fully saturated rings. The van der Waals surface area contributed by atoms with Crippen LogP contribution in [0.2, 0.25) is 5.02 Å². The molecule has 3 aromatic rings. The minimum absolute atomic E-state index is 0.216. The van der Waals surface area contributed by atoms with E-state index < -0.39 is 6.29 Å². The van der Waals surface area contributed by atoms with Gasteiger partial charge in [-0.1, -0.05) is 18.5 Å². The number of halogens is 3. The average Bonchev–Trinajstić information content (AvgIpc) is 3.41. The molecular weight excluding hydrogens is 428 g/mol. The first-order valence-corrected chi connectivity index (χ1v) is 9.88. The van der Waals surface area contributed by atoms with Crippen molar-refractivity contribution in [3.63, 3.8) is 0 Å². The van der Waals surface area contributed by atoms with Crippen LogP contribution in [0.5, 0.6) is 0 Å². The third kappa shape index (κ3) is 6.08. The number of anilines is 2. The monoisotopic (exact) mass is 447 g/mol. The van der Waals surface area contributed by atoms with E-state index in [1.807, 2.05) is 12.1 Å². The predicted octanol–water partition coefficient (Wildman–Crippen LogP) is 5.27. The smallest absolute Gasteiger partial charge is 0.356 e. The van der Waals surface area contributed by atoms with Crippen molar-refractivity contribution in [1.29, 1.82) is 0 Å². The lowest BCUT2D eigenvalue weighted by molar-refractivity contribution is 0.102. The SMILES string of the molecule is C[C@@H]1CCN(c2ncc(C(=O)Nc3ccc(Cl)cc3)cc2-c2ccn[nH]2)C1.O=C(F)F. The third-order valence-electron chi connectivity index (χ3n) is 4.75. The number of H-pyrrole nitrogens is 1. The molecule has 1 atom stereocenters. The molecule has 2 aromatic heterocycles. The minimum atomic E-state index is -2.83. The Morgan fingerprint density at radius 2 is 1.94 bits per heavy atom. The Balaban J connectivity index is 0.000000628. The first-order chi connectivity index (χ1) is 14.8. The van der Waals surface area contributed by atoms with Gasteiger partial charge in [-0.2, -0.15) is 5.10 Å². The minimum Gasteiger partial charge on any atom is -0.356 e. The van der Waals surface area contributed by atoms with Crippen LogP contribution in [0.1, 0.15) is 23.7 Å². The Labute approximate surface area is 182 Å². The van der Waals surface area contributed by atoms with Gasteiger partial charge in [0.15, 0.2) is 0 Å². The molecule has 0 unspecified atom stereocenters. The van der Waals surface area contributed by atoms with Crippen molar-refractivity contribution >= 4 is 35.3 Å². The maximum Gasteiger partial charge on any atom is 0.483 e. The van der Waals surface area contributed by atoms with Crippen molar-refractivity contribution in [2.24, 2.45) is 5.92 Å². The highest BCUT2D eigenvalue weighted by molar-refractivity contribution is 6.30. The first-order valence-electron chi connectivity index (χ1n) is 9.50. The number of pyridine rings is 1. The summed E-state index contributed by atoms with van der Waals surface area (Å²) < 4.78 is 19.4. The number of rotatable bonds is 4. The van der Waals surface area contributed by atoms with E-state index in [2.05, 4.69) is 32.3 Å². The molecule has 162 valence electrons. The van der Waals surface area contributed by atoms with Crippen molar-refractivity contribution in [1.82, 2.24) is 15.2 Å². The molecule has 0 aliphatic carbocycles. The van der Waals surface area contributed by atoms with Gasteiger partial charge in [-0.25, -0.2) is 9.78 Å². The van der Waals surface area contributed by atoms with Gasteiger partial charge in [0.05, 0.1) is 11.3 Å². The number of aromatic amines is 1. The number of amides is 1. The highest BCUT2D eigenvalue weighted by atomic mass is 35.5. The van der Waals surface area contributed by atoms with E-state index in [-0.39, 0.29) is 5.91 Å². The Kier molecular flexibility index (Phi) is 7.30. The highest BCUT2D eigenvalue weighted by Crippen LogP contribution is 2.32. The molecule has 0 spiro atoms. The van der Waals surface area contributed by atoms with Crippen molar-refractivity contribution in [3.05, 3.63) is 59.4 Å². The molecule has 31 heavy (non-hydrogen) atoms. The topological polar surface area (TPSA) is 91.0 Å². The second-order valence-electron chi connectivity index (χ2n) is 7.09. The molecule has 1 amide bonds. The molecule has 0 saturated carbocycles. The lowest BCUT2D eigenvalue weighted by Gasteiger charge is -2.20. The molecule has 0 bridgehead atoms. The maximum atomic E-state index is 12.7. The number of nitrogens with one attached hydrogen (secondary N) is 2. The summed E-state index contributed by atoms with van der Waals surface area (Å²) in [6, 6.07) is 10.8. The second kappa shape index (κ2) is 10.1. The van der Waals surface area contributed by atoms with Crippen LogP contribution < -0.4 is 10.2 Å². The normalized spacial score (nSPS) is 15.2. The average molecular weight is 448 g/mol. The second-order valence-corrected chi connectivity index (χ2v) is 7.53. The lowest BCUT2D eigenvalue weighted by Crippen LogP contribution is -2.22. The van der Waals surface area contributed by atoms with Gasteiger partial charge in [-0.15, -0.1) is 8.78 Å². The van der Waals surface area contributed by atoms with Gasteiger partial charge in [0, 0.05) is 41.8 Å². The van der Waals surface area contributed by atoms with E-state index in [4.69, 9.17) is 16.4 Å². The number of carbonyl (C=O) groups excluding carboxylic acids is 2. The van der Waals surface area contributed by atoms with Gasteiger partial charge in [0.1, 0.15) is 5.82 Å². The van der Waals surface area contributed by atoms with Crippen LogP contribution in [0.15, 0.2) is 48.8 Å². The van der Waals surface area contributed by atoms with E-state index in [9.17, 15) is 13.6 Å². The number of benzene rings is 1. The van der Waals surface area contributed by atoms with Gasteiger partial charge >= 0.3 is 6.29 Å². The fourth-order valence-electron chi connectivity index (χ4n) is 3.30. The Bertz CT molecular complexity index is 1040. The zero-order valence-corrected chi connectivity index (χ0v) is 17.4. The number of hydrogen-bond acceptors (Lipinski definition) is 5. The Hall–Kier alpha value is -3.33. The summed E-state index contributed by atoms with van der Waals surface area (Å²) in [6.45, 7) is 4.17. The molecule has 7 nitrogen and oxygen atoms in total. The lowest BCUT2D eigenvalue weighted by atomic mass is 10.1. The van der Waals surface area contributed by atoms with Gasteiger partial charge in [0.25, 0.3) is 5.91 Å². The molecule has 1 aliphatic heterocycles. The van der Waals surface area contributed by atoms with E-state index in [1.165, 1.54) is 0 Å². The van der Waals surface area contributed by atoms with Crippen molar-refractivity contribution in [2.75, 3.05) is 23.3 Å². The third-order valence-corrected chi connectivity index (χ3v) is 5.00. The van der Waals surface area contributed by atoms with Gasteiger partial charge in [-0.05, 0) is 48.7 Å². The van der Waals surface area contributed by atoms with E-state index in [0.29, 0.717) is 22.2 Å². The molecule has 10 heteroatoms. The summed E-state index contributed by atoms with van der Waals surface area (Å²) in [5, 5.41) is 10.5. The number of hydrogen-bond donors (Lipinski definition) is 2. The maximum absolute atomic E-state index is 12.7. The van der Waals surface area contributed by atoms with Crippen LogP contribution in [0.4, 0.5) is 25.1 Å². The predicted molar refractivity (Wildman–Crippen MR) is 115 cm³/mol. The van der Waals surface area contributed by atoms with Gasteiger partial charge < -0.3 is 10.2 Å². The van der Waals surface area contributed by atoms with Crippen LogP contribution in [0.25, 0.3) is 11.3 Å². The highest BCUT2D eigenvalue weighted by Gasteiger charge is 2.24. The van der Waals surface area contributed by atoms with E-state index in [0.717, 1.165) is 36.6 Å². The van der Waals surface area contributed by atoms with Crippen molar-refractivity contribution < 1.29 is 18.4 Å². The zero-order chi connectivity index (χ0) is 22.4. The number of carbonyl (C=O) groups is 2. The standard InChI is InChI=1S/C20H20ClN5O.CF2O/c1-13-7-9-26(12-13)19-17(18-6-8-23-25-18)10-14(11-22-19)20(27)24-16-4-2-15(21)3-5-16;2-1(3)4/h2-6,8,10-11,13H,7,9,12H2,1H3,(H,23,25)(H,24,27);/t13-;/m1./s1. The first kappa shape index (κ1) is 22.4. The molecule has 1 aliphatic rings. The quantitative estimate of drug-likeness (QED) is 0.532. The Morgan fingerprint density at radius 1 is 1.23 bits per heavy atom. The van der Waals surface area contributed by atoms with Crippen molar-refractivity contribution in [2.45, 2.75) is 13.3 Å². The summed E-state index contributed by atoms with van der Waals surface area (Å²) in [4.78, 5) is 27.7. The summed E-state index contributed by atoms with van der Waals surface area (Å²) in [5.74, 6) is 1.30. The number of nitrogens with zero attached hydrogens (tertiary/aromatic N) is 3. The van der Waals surface area contributed by atoms with Crippen molar-refractivity contribution in [3.8, 4) is 11.3 Å². The van der Waals surface area contributed by atoms with E-state index >= 15 is 0 Å². The fraction of sp³-hybridized carbons (Fsp3) is 0.238. The van der Waals surface area contributed by atoms with Gasteiger partial charge in [-0.3, -0.25) is 9.89 Å². The Morgan fingerprint density at radius 3 is 2.52 bits per heavy atom. The van der Waals surface area contributed by atoms with E-state index in [1.54, 1.807) is 36.7 Å². The van der Waals surface area contributed by atoms with Crippen LogP contribution in [0, 0.1) is 5.92 Å². The molecule has 1 saturated heterocycles. The summed E-state index contributed by atoms with van der Waals surface area (Å²) in [7, 11) is 0. The summed E-state index contributed by atoms with van der Waals surface area (Å²) in [6.07, 6.45) is 1.64. The molecule has 3 heterocycles.